The molecular formula is C21H21N5O2. The Balaban J connectivity index is 1.17. The highest BCUT2D eigenvalue weighted by molar-refractivity contribution is 5.74. The zero-order chi connectivity index (χ0) is 18.8. The molecule has 7 nitrogen and oxygen atoms in total. The summed E-state index contributed by atoms with van der Waals surface area (Å²) in [4.78, 5) is 9.09. The lowest BCUT2D eigenvalue weighted by molar-refractivity contribution is 0.221. The molecule has 0 saturated carbocycles. The van der Waals surface area contributed by atoms with Crippen LogP contribution in [0.5, 0.6) is 0 Å². The Morgan fingerprint density at radius 3 is 2.36 bits per heavy atom. The Morgan fingerprint density at radius 2 is 1.54 bits per heavy atom. The summed E-state index contributed by atoms with van der Waals surface area (Å²) in [6.45, 7) is 4.18. The van der Waals surface area contributed by atoms with Gasteiger partial charge in [-0.25, -0.2) is 0 Å². The van der Waals surface area contributed by atoms with Crippen molar-refractivity contribution in [2.45, 2.75) is 13.0 Å². The van der Waals surface area contributed by atoms with Crippen molar-refractivity contribution in [2.24, 2.45) is 0 Å². The van der Waals surface area contributed by atoms with Gasteiger partial charge in [-0.15, -0.1) is 10.2 Å². The number of oxazole rings is 1. The van der Waals surface area contributed by atoms with E-state index in [2.05, 4.69) is 37.1 Å². The van der Waals surface area contributed by atoms with E-state index in [1.54, 1.807) is 0 Å². The highest BCUT2D eigenvalue weighted by Gasteiger charge is 2.22. The Morgan fingerprint density at radius 1 is 0.786 bits per heavy atom. The molecule has 0 amide bonds. The van der Waals surface area contributed by atoms with Crippen molar-refractivity contribution in [3.05, 3.63) is 71.9 Å². The zero-order valence-corrected chi connectivity index (χ0v) is 15.5. The van der Waals surface area contributed by atoms with Crippen molar-refractivity contribution in [3.8, 4) is 0 Å². The molecule has 3 heterocycles. The fraction of sp³-hybridized carbons (Fsp3) is 0.286. The molecule has 2 aromatic carbocycles. The first-order valence-electron chi connectivity index (χ1n) is 9.51. The van der Waals surface area contributed by atoms with Crippen LogP contribution in [0.1, 0.15) is 17.3 Å². The Hall–Kier alpha value is -3.19. The van der Waals surface area contributed by atoms with E-state index in [-0.39, 0.29) is 0 Å². The number of hydrogen-bond acceptors (Lipinski definition) is 7. The summed E-state index contributed by atoms with van der Waals surface area (Å²) in [5.74, 6) is 1.33. The number of hydrogen-bond donors (Lipinski definition) is 0. The molecule has 1 fully saturated rings. The molecule has 1 aliphatic heterocycles. The summed E-state index contributed by atoms with van der Waals surface area (Å²) in [6, 6.07) is 18.7. The first kappa shape index (κ1) is 16.9. The van der Waals surface area contributed by atoms with Crippen LogP contribution in [0.3, 0.4) is 0 Å². The van der Waals surface area contributed by atoms with Crippen molar-refractivity contribution in [3.63, 3.8) is 0 Å². The van der Waals surface area contributed by atoms with Crippen molar-refractivity contribution in [1.29, 1.82) is 0 Å². The standard InChI is InChI=1S/C21H21N5O2/c1-2-6-16(7-3-1)14-19-23-24-20(28-19)15-25-10-12-26(13-11-25)21-22-17-8-4-5-9-18(17)27-21/h1-9H,10-15H2. The van der Waals surface area contributed by atoms with E-state index in [4.69, 9.17) is 8.83 Å². The fourth-order valence-electron chi connectivity index (χ4n) is 3.48. The van der Waals surface area contributed by atoms with Gasteiger partial charge in [-0.1, -0.05) is 42.5 Å². The van der Waals surface area contributed by atoms with Crippen molar-refractivity contribution >= 4 is 17.1 Å². The summed E-state index contributed by atoms with van der Waals surface area (Å²) in [5, 5.41) is 8.39. The number of fused-ring (bicyclic) bond motifs is 1. The smallest absolute Gasteiger partial charge is 0.298 e. The zero-order valence-electron chi connectivity index (χ0n) is 15.5. The van der Waals surface area contributed by atoms with E-state index in [0.29, 0.717) is 30.8 Å². The average Bonchev–Trinajstić information content (AvgIpc) is 3.36. The highest BCUT2D eigenvalue weighted by atomic mass is 16.4. The predicted octanol–water partition coefficient (Wildman–Crippen LogP) is 3.12. The topological polar surface area (TPSA) is 71.4 Å². The summed E-state index contributed by atoms with van der Waals surface area (Å²) in [6.07, 6.45) is 0.666. The van der Waals surface area contributed by atoms with E-state index < -0.39 is 0 Å². The van der Waals surface area contributed by atoms with Gasteiger partial charge in [0.1, 0.15) is 5.52 Å². The first-order chi connectivity index (χ1) is 13.8. The second-order valence-corrected chi connectivity index (χ2v) is 6.98. The van der Waals surface area contributed by atoms with E-state index in [9.17, 15) is 0 Å². The lowest BCUT2D eigenvalue weighted by Crippen LogP contribution is -2.46. The van der Waals surface area contributed by atoms with Crippen molar-refractivity contribution in [1.82, 2.24) is 20.1 Å². The van der Waals surface area contributed by atoms with Crippen LogP contribution in [0, 0.1) is 0 Å². The minimum Gasteiger partial charge on any atom is -0.424 e. The third-order valence-corrected chi connectivity index (χ3v) is 4.99. The molecule has 0 atom stereocenters. The molecule has 28 heavy (non-hydrogen) atoms. The minimum atomic E-state index is 0.659. The number of anilines is 1. The van der Waals surface area contributed by atoms with Crippen LogP contribution in [0.25, 0.3) is 11.1 Å². The fourth-order valence-corrected chi connectivity index (χ4v) is 3.48. The molecule has 0 unspecified atom stereocenters. The van der Waals surface area contributed by atoms with Gasteiger partial charge in [0.05, 0.1) is 13.0 Å². The molecule has 0 radical (unpaired) electrons. The van der Waals surface area contributed by atoms with Crippen molar-refractivity contribution < 1.29 is 8.83 Å². The second-order valence-electron chi connectivity index (χ2n) is 6.98. The van der Waals surface area contributed by atoms with E-state index in [1.807, 2.05) is 42.5 Å². The number of rotatable bonds is 5. The largest absolute Gasteiger partial charge is 0.424 e. The van der Waals surface area contributed by atoms with E-state index >= 15 is 0 Å². The Bertz CT molecular complexity index is 1020. The molecule has 0 spiro atoms. The van der Waals surface area contributed by atoms with E-state index in [0.717, 1.165) is 37.3 Å². The molecule has 0 aliphatic carbocycles. The van der Waals surface area contributed by atoms with Gasteiger partial charge in [-0.3, -0.25) is 4.90 Å². The average molecular weight is 375 g/mol. The molecule has 0 N–H and O–H groups in total. The number of nitrogens with zero attached hydrogens (tertiary/aromatic N) is 5. The van der Waals surface area contributed by atoms with Crippen LogP contribution in [-0.4, -0.2) is 46.3 Å². The summed E-state index contributed by atoms with van der Waals surface area (Å²) in [5.41, 5.74) is 2.90. The summed E-state index contributed by atoms with van der Waals surface area (Å²) >= 11 is 0. The van der Waals surface area contributed by atoms with Crippen LogP contribution >= 0.6 is 0 Å². The minimum absolute atomic E-state index is 0.659. The number of aromatic nitrogens is 3. The molecular weight excluding hydrogens is 354 g/mol. The second kappa shape index (κ2) is 7.44. The summed E-state index contributed by atoms with van der Waals surface area (Å²) < 4.78 is 11.7. The van der Waals surface area contributed by atoms with Gasteiger partial charge in [0.25, 0.3) is 6.01 Å². The van der Waals surface area contributed by atoms with Gasteiger partial charge in [0.15, 0.2) is 5.58 Å². The number of benzene rings is 2. The predicted molar refractivity (Wildman–Crippen MR) is 105 cm³/mol. The third kappa shape index (κ3) is 3.61. The lowest BCUT2D eigenvalue weighted by atomic mass is 10.2. The molecule has 1 aliphatic rings. The van der Waals surface area contributed by atoms with Gasteiger partial charge in [-0.05, 0) is 17.7 Å². The van der Waals surface area contributed by atoms with Gasteiger partial charge < -0.3 is 13.7 Å². The highest BCUT2D eigenvalue weighted by Crippen LogP contribution is 2.22. The summed E-state index contributed by atoms with van der Waals surface area (Å²) in [7, 11) is 0. The van der Waals surface area contributed by atoms with Gasteiger partial charge >= 0.3 is 0 Å². The Labute approximate surface area is 162 Å². The van der Waals surface area contributed by atoms with Gasteiger partial charge in [0.2, 0.25) is 11.8 Å². The van der Waals surface area contributed by atoms with Gasteiger partial charge in [0, 0.05) is 26.2 Å². The maximum atomic E-state index is 5.88. The molecule has 2 aromatic heterocycles. The maximum Gasteiger partial charge on any atom is 0.298 e. The van der Waals surface area contributed by atoms with Gasteiger partial charge in [-0.2, -0.15) is 4.98 Å². The molecule has 142 valence electrons. The SMILES string of the molecule is c1ccc(Cc2nnc(CN3CCN(c4nc5ccccc5o4)CC3)o2)cc1. The lowest BCUT2D eigenvalue weighted by Gasteiger charge is -2.32. The van der Waals surface area contributed by atoms with Crippen LogP contribution in [0.2, 0.25) is 0 Å². The monoisotopic (exact) mass is 375 g/mol. The van der Waals surface area contributed by atoms with E-state index in [1.165, 1.54) is 5.56 Å². The number of para-hydroxylation sites is 2. The maximum absolute atomic E-state index is 5.88. The quantitative estimate of drug-likeness (QED) is 0.531. The first-order valence-corrected chi connectivity index (χ1v) is 9.51. The molecule has 0 bridgehead atoms. The van der Waals surface area contributed by atoms with Crippen LogP contribution in [-0.2, 0) is 13.0 Å². The normalized spacial score (nSPS) is 15.4. The molecule has 4 aromatic rings. The Kier molecular flexibility index (Phi) is 4.50. The third-order valence-electron chi connectivity index (χ3n) is 4.99. The molecule has 5 rings (SSSR count). The molecule has 7 heteroatoms. The van der Waals surface area contributed by atoms with Crippen molar-refractivity contribution in [2.75, 3.05) is 31.1 Å². The van der Waals surface area contributed by atoms with Crippen LogP contribution in [0.15, 0.2) is 63.4 Å². The van der Waals surface area contributed by atoms with Crippen LogP contribution in [0.4, 0.5) is 6.01 Å². The molecule has 1 saturated heterocycles. The number of piperazine rings is 1. The van der Waals surface area contributed by atoms with Crippen LogP contribution < -0.4 is 4.90 Å².